The molecule has 4 nitrogen and oxygen atoms in total. The number of hydrogen-bond acceptors (Lipinski definition) is 4. The third-order valence-corrected chi connectivity index (χ3v) is 4.87. The number of carbonyl (C=O) groups is 1. The van der Waals surface area contributed by atoms with Crippen molar-refractivity contribution in [3.63, 3.8) is 0 Å². The molecule has 3 rings (SSSR count). The molecule has 1 heterocycles. The van der Waals surface area contributed by atoms with Crippen LogP contribution in [0.15, 0.2) is 60.0 Å². The van der Waals surface area contributed by atoms with Crippen LogP contribution in [0.5, 0.6) is 5.75 Å². The second-order valence-corrected chi connectivity index (χ2v) is 7.40. The number of ether oxygens (including phenoxy) is 1. The van der Waals surface area contributed by atoms with Crippen LogP contribution in [0.25, 0.3) is 6.08 Å². The number of nitrogens with zero attached hydrogens (tertiary/aromatic N) is 2. The van der Waals surface area contributed by atoms with E-state index in [1.807, 2.05) is 36.6 Å². The summed E-state index contributed by atoms with van der Waals surface area (Å²) in [6.45, 7) is 2.67. The minimum atomic E-state index is -0.310. The van der Waals surface area contributed by atoms with Crippen LogP contribution in [-0.4, -0.2) is 22.8 Å². The second-order valence-electron chi connectivity index (χ2n) is 6.34. The van der Waals surface area contributed by atoms with Gasteiger partial charge in [-0.3, -0.25) is 4.79 Å². The molecule has 0 aliphatic heterocycles. The smallest absolute Gasteiger partial charge is 0.246 e. The Morgan fingerprint density at radius 2 is 2.07 bits per heavy atom. The van der Waals surface area contributed by atoms with Crippen LogP contribution in [0.2, 0.25) is 0 Å². The molecule has 0 saturated carbocycles. The number of rotatable bonds is 7. The number of benzene rings is 2. The van der Waals surface area contributed by atoms with Crippen LogP contribution in [0.1, 0.15) is 21.8 Å². The Balaban J connectivity index is 1.63. The topological polar surface area (TPSA) is 42.4 Å². The summed E-state index contributed by atoms with van der Waals surface area (Å²) >= 11 is 1.58. The minimum absolute atomic E-state index is 0.172. The first-order chi connectivity index (χ1) is 13.5. The zero-order valence-corrected chi connectivity index (χ0v) is 16.6. The lowest BCUT2D eigenvalue weighted by atomic mass is 10.1. The average molecular weight is 396 g/mol. The molecule has 2 aromatic carbocycles. The number of likely N-dealkylation sites (N-methyl/N-ethyl adjacent to an activating group) is 1. The summed E-state index contributed by atoms with van der Waals surface area (Å²) in [5.74, 6) is 0.203. The quantitative estimate of drug-likeness (QED) is 0.537. The number of aryl methyl sites for hydroxylation is 1. The highest BCUT2D eigenvalue weighted by molar-refractivity contribution is 7.09. The van der Waals surface area contributed by atoms with Gasteiger partial charge in [-0.15, -0.1) is 11.3 Å². The average Bonchev–Trinajstić information content (AvgIpc) is 3.10. The summed E-state index contributed by atoms with van der Waals surface area (Å²) in [7, 11) is 1.69. The minimum Gasteiger partial charge on any atom is -0.487 e. The first-order valence-electron chi connectivity index (χ1n) is 8.82. The molecule has 0 N–H and O–H groups in total. The summed E-state index contributed by atoms with van der Waals surface area (Å²) in [6.07, 6.45) is 3.22. The Labute approximate surface area is 167 Å². The number of para-hydroxylation sites is 1. The molecule has 3 aromatic rings. The molecule has 1 aromatic heterocycles. The van der Waals surface area contributed by atoms with Crippen molar-refractivity contribution >= 4 is 23.3 Å². The van der Waals surface area contributed by atoms with Crippen molar-refractivity contribution in [2.45, 2.75) is 20.1 Å². The molecule has 144 valence electrons. The van der Waals surface area contributed by atoms with E-state index in [4.69, 9.17) is 4.74 Å². The van der Waals surface area contributed by atoms with Gasteiger partial charge in [-0.2, -0.15) is 0 Å². The number of hydrogen-bond donors (Lipinski definition) is 0. The van der Waals surface area contributed by atoms with Crippen molar-refractivity contribution in [1.29, 1.82) is 0 Å². The maximum Gasteiger partial charge on any atom is 0.246 e. The Bertz CT molecular complexity index is 984. The number of thiazole rings is 1. The van der Waals surface area contributed by atoms with Crippen LogP contribution >= 0.6 is 11.3 Å². The molecular weight excluding hydrogens is 375 g/mol. The molecular formula is C22H21FN2O2S. The molecule has 0 fully saturated rings. The van der Waals surface area contributed by atoms with Gasteiger partial charge in [0.25, 0.3) is 0 Å². The molecule has 0 aliphatic rings. The molecule has 6 heteroatoms. The van der Waals surface area contributed by atoms with Gasteiger partial charge in [-0.05, 0) is 36.8 Å². The Morgan fingerprint density at radius 3 is 2.82 bits per heavy atom. The van der Waals surface area contributed by atoms with Crippen molar-refractivity contribution in [3.05, 3.63) is 87.6 Å². The van der Waals surface area contributed by atoms with Crippen molar-refractivity contribution in [2.24, 2.45) is 0 Å². The van der Waals surface area contributed by atoms with E-state index in [0.29, 0.717) is 18.9 Å². The molecule has 0 spiro atoms. The van der Waals surface area contributed by atoms with E-state index in [0.717, 1.165) is 21.8 Å². The van der Waals surface area contributed by atoms with Crippen molar-refractivity contribution in [3.8, 4) is 5.75 Å². The molecule has 1 amide bonds. The molecule has 0 saturated heterocycles. The maximum absolute atomic E-state index is 13.3. The van der Waals surface area contributed by atoms with Crippen LogP contribution in [0, 0.1) is 12.7 Å². The summed E-state index contributed by atoms with van der Waals surface area (Å²) in [5.41, 5.74) is 2.43. The van der Waals surface area contributed by atoms with Gasteiger partial charge in [0.1, 0.15) is 18.2 Å². The number of carbonyl (C=O) groups excluding carboxylic acids is 1. The Morgan fingerprint density at radius 1 is 1.25 bits per heavy atom. The van der Waals surface area contributed by atoms with Crippen molar-refractivity contribution < 1.29 is 13.9 Å². The lowest BCUT2D eigenvalue weighted by molar-refractivity contribution is -0.125. The highest BCUT2D eigenvalue weighted by atomic mass is 32.1. The van der Waals surface area contributed by atoms with E-state index in [1.165, 1.54) is 23.1 Å². The maximum atomic E-state index is 13.3. The predicted octanol–water partition coefficient (Wildman–Crippen LogP) is 4.84. The van der Waals surface area contributed by atoms with Crippen LogP contribution in [0.4, 0.5) is 4.39 Å². The molecule has 0 radical (unpaired) electrons. The third-order valence-electron chi connectivity index (χ3n) is 4.05. The second kappa shape index (κ2) is 9.28. The zero-order chi connectivity index (χ0) is 19.9. The van der Waals surface area contributed by atoms with Gasteiger partial charge in [-0.1, -0.05) is 30.3 Å². The molecule has 28 heavy (non-hydrogen) atoms. The van der Waals surface area contributed by atoms with E-state index in [9.17, 15) is 9.18 Å². The summed E-state index contributed by atoms with van der Waals surface area (Å²) in [5, 5.41) is 2.97. The SMILES string of the molecule is Cc1nc(COc2ccccc2/C=C/C(=O)N(C)Cc2cccc(F)c2)cs1. The molecule has 0 aliphatic carbocycles. The van der Waals surface area contributed by atoms with E-state index < -0.39 is 0 Å². The fourth-order valence-electron chi connectivity index (χ4n) is 2.65. The lowest BCUT2D eigenvalue weighted by Gasteiger charge is -2.15. The monoisotopic (exact) mass is 396 g/mol. The van der Waals surface area contributed by atoms with Crippen molar-refractivity contribution in [1.82, 2.24) is 9.88 Å². The van der Waals surface area contributed by atoms with Crippen LogP contribution in [0.3, 0.4) is 0 Å². The number of amides is 1. The first-order valence-corrected chi connectivity index (χ1v) is 9.69. The number of halogens is 1. The zero-order valence-electron chi connectivity index (χ0n) is 15.8. The Hall–Kier alpha value is -2.99. The third kappa shape index (κ3) is 5.50. The van der Waals surface area contributed by atoms with Gasteiger partial charge in [0.15, 0.2) is 0 Å². The Kier molecular flexibility index (Phi) is 6.55. The first kappa shape index (κ1) is 19.8. The lowest BCUT2D eigenvalue weighted by Crippen LogP contribution is -2.24. The summed E-state index contributed by atoms with van der Waals surface area (Å²) in [4.78, 5) is 18.3. The standard InChI is InChI=1S/C22H21FN2O2S/c1-16-24-20(15-28-16)14-27-21-9-4-3-7-18(21)10-11-22(26)25(2)13-17-6-5-8-19(23)12-17/h3-12,15H,13-14H2,1-2H3/b11-10+. The predicted molar refractivity (Wildman–Crippen MR) is 110 cm³/mol. The van der Waals surface area contributed by atoms with Crippen molar-refractivity contribution in [2.75, 3.05) is 7.05 Å². The highest BCUT2D eigenvalue weighted by Crippen LogP contribution is 2.21. The van der Waals surface area contributed by atoms with E-state index in [2.05, 4.69) is 4.98 Å². The van der Waals surface area contributed by atoms with Gasteiger partial charge >= 0.3 is 0 Å². The summed E-state index contributed by atoms with van der Waals surface area (Å²) in [6, 6.07) is 13.8. The fraction of sp³-hybridized carbons (Fsp3) is 0.182. The highest BCUT2D eigenvalue weighted by Gasteiger charge is 2.08. The van der Waals surface area contributed by atoms with E-state index in [-0.39, 0.29) is 11.7 Å². The normalized spacial score (nSPS) is 11.0. The van der Waals surface area contributed by atoms with E-state index >= 15 is 0 Å². The fourth-order valence-corrected chi connectivity index (χ4v) is 3.25. The number of aromatic nitrogens is 1. The molecule has 0 bridgehead atoms. The van der Waals surface area contributed by atoms with Gasteiger partial charge in [0.05, 0.1) is 10.7 Å². The van der Waals surface area contributed by atoms with Gasteiger partial charge < -0.3 is 9.64 Å². The molecule has 0 atom stereocenters. The van der Waals surface area contributed by atoms with Gasteiger partial charge in [0.2, 0.25) is 5.91 Å². The van der Waals surface area contributed by atoms with Crippen LogP contribution < -0.4 is 4.74 Å². The largest absolute Gasteiger partial charge is 0.487 e. The van der Waals surface area contributed by atoms with Gasteiger partial charge in [-0.25, -0.2) is 9.37 Å². The summed E-state index contributed by atoms with van der Waals surface area (Å²) < 4.78 is 19.2. The van der Waals surface area contributed by atoms with E-state index in [1.54, 1.807) is 36.6 Å². The molecule has 0 unspecified atom stereocenters. The van der Waals surface area contributed by atoms with Gasteiger partial charge in [0, 0.05) is 30.6 Å². The van der Waals surface area contributed by atoms with Crippen LogP contribution in [-0.2, 0) is 17.9 Å².